The lowest BCUT2D eigenvalue weighted by Gasteiger charge is -2.09. The van der Waals surface area contributed by atoms with Gasteiger partial charge in [0.1, 0.15) is 40.0 Å². The Hall–Kier alpha value is -3.93. The van der Waals surface area contributed by atoms with Gasteiger partial charge in [-0.2, -0.15) is 0 Å². The highest BCUT2D eigenvalue weighted by molar-refractivity contribution is 5.80. The SMILES string of the molecule is COc1ccc(-c2cc(=Nc3cc(OC)ccc3OC)c3cc(OC)ccc3o2)cc1. The number of ether oxygens (including phenoxy) is 4. The monoisotopic (exact) mass is 417 g/mol. The number of hydrogen-bond acceptors (Lipinski definition) is 6. The molecule has 4 rings (SSSR count). The Balaban J connectivity index is 1.98. The lowest BCUT2D eigenvalue weighted by atomic mass is 10.1. The second-order valence-corrected chi connectivity index (χ2v) is 6.74. The summed E-state index contributed by atoms with van der Waals surface area (Å²) in [4.78, 5) is 4.90. The van der Waals surface area contributed by atoms with Gasteiger partial charge in [-0.3, -0.25) is 0 Å². The molecular formula is C25H23NO5. The Morgan fingerprint density at radius 2 is 1.29 bits per heavy atom. The zero-order valence-corrected chi connectivity index (χ0v) is 17.8. The Morgan fingerprint density at radius 3 is 1.97 bits per heavy atom. The molecule has 0 amide bonds. The average Bonchev–Trinajstić information content (AvgIpc) is 2.83. The van der Waals surface area contributed by atoms with Gasteiger partial charge in [0.05, 0.1) is 33.8 Å². The van der Waals surface area contributed by atoms with Crippen LogP contribution in [0.2, 0.25) is 0 Å². The van der Waals surface area contributed by atoms with Gasteiger partial charge in [0, 0.05) is 23.1 Å². The molecule has 158 valence electrons. The van der Waals surface area contributed by atoms with Gasteiger partial charge < -0.3 is 23.4 Å². The van der Waals surface area contributed by atoms with Crippen molar-refractivity contribution in [2.24, 2.45) is 4.99 Å². The van der Waals surface area contributed by atoms with Crippen molar-refractivity contribution in [3.63, 3.8) is 0 Å². The summed E-state index contributed by atoms with van der Waals surface area (Å²) in [6.07, 6.45) is 0. The highest BCUT2D eigenvalue weighted by atomic mass is 16.5. The van der Waals surface area contributed by atoms with Gasteiger partial charge in [-0.05, 0) is 54.6 Å². The molecule has 0 N–H and O–H groups in total. The van der Waals surface area contributed by atoms with E-state index in [1.165, 1.54) is 0 Å². The number of fused-ring (bicyclic) bond motifs is 1. The predicted molar refractivity (Wildman–Crippen MR) is 120 cm³/mol. The van der Waals surface area contributed by atoms with Crippen molar-refractivity contribution in [1.82, 2.24) is 0 Å². The molecule has 0 unspecified atom stereocenters. The number of hydrogen-bond donors (Lipinski definition) is 0. The molecule has 6 heteroatoms. The molecule has 0 aliphatic heterocycles. The van der Waals surface area contributed by atoms with Gasteiger partial charge in [0.15, 0.2) is 0 Å². The van der Waals surface area contributed by atoms with E-state index >= 15 is 0 Å². The molecule has 6 nitrogen and oxygen atoms in total. The molecule has 3 aromatic carbocycles. The summed E-state index contributed by atoms with van der Waals surface area (Å²) < 4.78 is 27.7. The number of benzene rings is 3. The molecule has 1 heterocycles. The highest BCUT2D eigenvalue weighted by Crippen LogP contribution is 2.32. The summed E-state index contributed by atoms with van der Waals surface area (Å²) in [5, 5.41) is 1.54. The van der Waals surface area contributed by atoms with Gasteiger partial charge in [-0.25, -0.2) is 4.99 Å². The maximum absolute atomic E-state index is 6.19. The molecule has 0 spiro atoms. The molecule has 0 aliphatic rings. The minimum Gasteiger partial charge on any atom is -0.497 e. The standard InChI is InChI=1S/C25H23NO5/c1-27-17-7-5-16(6-8-17)25-15-21(20-13-18(28-2)9-11-23(20)31-25)26-22-14-19(29-3)10-12-24(22)30-4/h5-15H,1-4H3. The van der Waals surface area contributed by atoms with Crippen LogP contribution < -0.4 is 24.3 Å². The minimum absolute atomic E-state index is 0.642. The molecule has 0 atom stereocenters. The normalized spacial score (nSPS) is 11.4. The summed E-state index contributed by atoms with van der Waals surface area (Å²) >= 11 is 0. The molecule has 0 saturated heterocycles. The molecule has 4 aromatic rings. The van der Waals surface area contributed by atoms with E-state index in [0.717, 1.165) is 22.1 Å². The van der Waals surface area contributed by atoms with Gasteiger partial charge in [0.25, 0.3) is 0 Å². The first-order chi connectivity index (χ1) is 15.1. The Labute approximate surface area is 180 Å². The predicted octanol–water partition coefficient (Wildman–Crippen LogP) is 5.37. The Bertz CT molecular complexity index is 1280. The second-order valence-electron chi connectivity index (χ2n) is 6.74. The molecule has 1 aromatic heterocycles. The fraction of sp³-hybridized carbons (Fsp3) is 0.160. The van der Waals surface area contributed by atoms with E-state index in [0.29, 0.717) is 34.3 Å². The van der Waals surface area contributed by atoms with E-state index in [-0.39, 0.29) is 0 Å². The summed E-state index contributed by atoms with van der Waals surface area (Å²) in [5.74, 6) is 3.51. The fourth-order valence-corrected chi connectivity index (χ4v) is 3.28. The summed E-state index contributed by atoms with van der Waals surface area (Å²) in [7, 11) is 6.51. The van der Waals surface area contributed by atoms with Crippen LogP contribution in [-0.4, -0.2) is 28.4 Å². The molecule has 0 aliphatic carbocycles. The third kappa shape index (κ3) is 4.19. The Morgan fingerprint density at radius 1 is 0.645 bits per heavy atom. The smallest absolute Gasteiger partial charge is 0.144 e. The van der Waals surface area contributed by atoms with E-state index in [1.54, 1.807) is 28.4 Å². The van der Waals surface area contributed by atoms with Crippen LogP contribution in [0.15, 0.2) is 76.1 Å². The third-order valence-electron chi connectivity index (χ3n) is 4.95. The number of rotatable bonds is 6. The van der Waals surface area contributed by atoms with Gasteiger partial charge in [-0.1, -0.05) is 0 Å². The van der Waals surface area contributed by atoms with Gasteiger partial charge in [0.2, 0.25) is 0 Å². The van der Waals surface area contributed by atoms with Crippen LogP contribution in [0.3, 0.4) is 0 Å². The molecule has 0 saturated carbocycles. The summed E-state index contributed by atoms with van der Waals surface area (Å²) in [6.45, 7) is 0. The van der Waals surface area contributed by atoms with E-state index in [9.17, 15) is 0 Å². The first-order valence-corrected chi connectivity index (χ1v) is 9.68. The van der Waals surface area contributed by atoms with Crippen molar-refractivity contribution in [1.29, 1.82) is 0 Å². The van der Waals surface area contributed by atoms with Crippen LogP contribution in [0.1, 0.15) is 0 Å². The zero-order valence-electron chi connectivity index (χ0n) is 17.8. The van der Waals surface area contributed by atoms with E-state index in [2.05, 4.69) is 0 Å². The number of methoxy groups -OCH3 is 4. The van der Waals surface area contributed by atoms with Crippen molar-refractivity contribution in [2.75, 3.05) is 28.4 Å². The maximum Gasteiger partial charge on any atom is 0.144 e. The van der Waals surface area contributed by atoms with Crippen molar-refractivity contribution >= 4 is 16.7 Å². The van der Waals surface area contributed by atoms with Crippen molar-refractivity contribution in [3.8, 4) is 34.3 Å². The van der Waals surface area contributed by atoms with Crippen LogP contribution >= 0.6 is 0 Å². The molecule has 0 radical (unpaired) electrons. The van der Waals surface area contributed by atoms with Gasteiger partial charge in [-0.15, -0.1) is 0 Å². The lowest BCUT2D eigenvalue weighted by Crippen LogP contribution is -2.04. The van der Waals surface area contributed by atoms with Crippen molar-refractivity contribution in [3.05, 3.63) is 72.1 Å². The highest BCUT2D eigenvalue weighted by Gasteiger charge is 2.10. The third-order valence-corrected chi connectivity index (χ3v) is 4.95. The van der Waals surface area contributed by atoms with E-state index in [1.807, 2.05) is 66.7 Å². The average molecular weight is 417 g/mol. The minimum atomic E-state index is 0.642. The van der Waals surface area contributed by atoms with Crippen LogP contribution in [0.4, 0.5) is 5.69 Å². The molecule has 31 heavy (non-hydrogen) atoms. The van der Waals surface area contributed by atoms with Crippen LogP contribution in [-0.2, 0) is 0 Å². The van der Waals surface area contributed by atoms with Crippen LogP contribution in [0.25, 0.3) is 22.3 Å². The topological polar surface area (TPSA) is 62.4 Å². The molecular weight excluding hydrogens is 394 g/mol. The zero-order chi connectivity index (χ0) is 21.8. The maximum atomic E-state index is 6.19. The van der Waals surface area contributed by atoms with Crippen molar-refractivity contribution in [2.45, 2.75) is 0 Å². The summed E-state index contributed by atoms with van der Waals surface area (Å²) in [6, 6.07) is 20.7. The van der Waals surface area contributed by atoms with Crippen LogP contribution in [0, 0.1) is 0 Å². The quantitative estimate of drug-likeness (QED) is 0.422. The van der Waals surface area contributed by atoms with Crippen molar-refractivity contribution < 1.29 is 23.4 Å². The number of nitrogens with zero attached hydrogens (tertiary/aromatic N) is 1. The van der Waals surface area contributed by atoms with Gasteiger partial charge >= 0.3 is 0 Å². The molecule has 0 fully saturated rings. The lowest BCUT2D eigenvalue weighted by molar-refractivity contribution is 0.404. The largest absolute Gasteiger partial charge is 0.497 e. The van der Waals surface area contributed by atoms with Crippen LogP contribution in [0.5, 0.6) is 23.0 Å². The Kier molecular flexibility index (Phi) is 5.80. The second kappa shape index (κ2) is 8.83. The summed E-state index contributed by atoms with van der Waals surface area (Å²) in [5.41, 5.74) is 2.25. The fourth-order valence-electron chi connectivity index (χ4n) is 3.28. The first kappa shape index (κ1) is 20.3. The first-order valence-electron chi connectivity index (χ1n) is 9.68. The molecule has 0 bridgehead atoms. The van der Waals surface area contributed by atoms with E-state index < -0.39 is 0 Å². The van der Waals surface area contributed by atoms with E-state index in [4.69, 9.17) is 28.4 Å².